The number of likely N-dealkylation sites (tertiary alicyclic amines) is 1. The summed E-state index contributed by atoms with van der Waals surface area (Å²) in [5, 5.41) is 10.8. The van der Waals surface area contributed by atoms with Crippen molar-refractivity contribution in [3.05, 3.63) is 6.33 Å². The number of tetrazole rings is 1. The number of nitrogens with zero attached hydrogens (tertiary/aromatic N) is 5. The van der Waals surface area contributed by atoms with Crippen LogP contribution in [0.5, 0.6) is 0 Å². The van der Waals surface area contributed by atoms with Crippen LogP contribution in [0.3, 0.4) is 0 Å². The van der Waals surface area contributed by atoms with Crippen molar-refractivity contribution in [2.24, 2.45) is 11.7 Å². The lowest BCUT2D eigenvalue weighted by Crippen LogP contribution is -2.50. The number of piperidine rings is 1. The molecule has 0 spiro atoms. The third-order valence-corrected chi connectivity index (χ3v) is 3.68. The molecule has 1 aromatic heterocycles. The average Bonchev–Trinajstić information content (AvgIpc) is 2.90. The molecule has 1 saturated heterocycles. The maximum absolute atomic E-state index is 12.2. The molecule has 1 aliphatic rings. The van der Waals surface area contributed by atoms with Crippen molar-refractivity contribution in [1.29, 1.82) is 0 Å². The predicted octanol–water partition coefficient (Wildman–Crippen LogP) is -0.351. The monoisotopic (exact) mass is 252 g/mol. The molecule has 1 aliphatic heterocycles. The van der Waals surface area contributed by atoms with Crippen molar-refractivity contribution in [1.82, 2.24) is 25.1 Å². The maximum Gasteiger partial charge on any atom is 0.244 e. The van der Waals surface area contributed by atoms with E-state index in [1.165, 1.54) is 11.0 Å². The minimum atomic E-state index is 0.0484. The number of hydrogen-bond donors (Lipinski definition) is 1. The number of rotatable bonds is 4. The van der Waals surface area contributed by atoms with Gasteiger partial charge in [0.15, 0.2) is 0 Å². The van der Waals surface area contributed by atoms with Crippen molar-refractivity contribution in [2.45, 2.75) is 38.8 Å². The van der Waals surface area contributed by atoms with E-state index < -0.39 is 0 Å². The van der Waals surface area contributed by atoms with E-state index in [2.05, 4.69) is 22.4 Å². The maximum atomic E-state index is 12.2. The summed E-state index contributed by atoms with van der Waals surface area (Å²) in [6, 6.07) is 0.160. The van der Waals surface area contributed by atoms with Crippen LogP contribution in [-0.2, 0) is 11.3 Å². The van der Waals surface area contributed by atoms with E-state index >= 15 is 0 Å². The molecule has 100 valence electrons. The molecule has 2 rings (SSSR count). The Morgan fingerprint density at radius 3 is 3.00 bits per heavy atom. The largest absolute Gasteiger partial charge is 0.337 e. The highest BCUT2D eigenvalue weighted by molar-refractivity contribution is 5.76. The molecular formula is C11H20N6O. The first-order valence-corrected chi connectivity index (χ1v) is 6.44. The second-order valence-corrected chi connectivity index (χ2v) is 4.78. The molecule has 7 heteroatoms. The smallest absolute Gasteiger partial charge is 0.244 e. The van der Waals surface area contributed by atoms with Crippen LogP contribution >= 0.6 is 0 Å². The summed E-state index contributed by atoms with van der Waals surface area (Å²) < 4.78 is 1.45. The second kappa shape index (κ2) is 5.90. The zero-order chi connectivity index (χ0) is 13.0. The first kappa shape index (κ1) is 12.9. The number of nitrogens with two attached hydrogens (primary N) is 1. The number of carbonyl (C=O) groups excluding carboxylic acids is 1. The van der Waals surface area contributed by atoms with Crippen LogP contribution in [0, 0.1) is 5.92 Å². The van der Waals surface area contributed by atoms with Crippen molar-refractivity contribution in [3.63, 3.8) is 0 Å². The molecule has 0 aliphatic carbocycles. The second-order valence-electron chi connectivity index (χ2n) is 4.78. The summed E-state index contributed by atoms with van der Waals surface area (Å²) in [5.74, 6) is 0.739. The molecule has 2 heterocycles. The molecular weight excluding hydrogens is 232 g/mol. The lowest BCUT2D eigenvalue weighted by Gasteiger charge is -2.38. The van der Waals surface area contributed by atoms with E-state index in [1.54, 1.807) is 0 Å². The van der Waals surface area contributed by atoms with Crippen molar-refractivity contribution >= 4 is 5.91 Å². The van der Waals surface area contributed by atoms with Crippen LogP contribution in [0.25, 0.3) is 0 Å². The van der Waals surface area contributed by atoms with Gasteiger partial charge in [0.25, 0.3) is 0 Å². The van der Waals surface area contributed by atoms with E-state index in [1.807, 2.05) is 4.90 Å². The van der Waals surface area contributed by atoms with E-state index in [0.717, 1.165) is 25.8 Å². The first-order chi connectivity index (χ1) is 8.74. The lowest BCUT2D eigenvalue weighted by atomic mass is 9.89. The first-order valence-electron chi connectivity index (χ1n) is 6.44. The van der Waals surface area contributed by atoms with Gasteiger partial charge in [-0.2, -0.15) is 0 Å². The zero-order valence-corrected chi connectivity index (χ0v) is 10.7. The highest BCUT2D eigenvalue weighted by Crippen LogP contribution is 2.25. The van der Waals surface area contributed by atoms with Gasteiger partial charge in [0, 0.05) is 19.1 Å². The van der Waals surface area contributed by atoms with E-state index in [0.29, 0.717) is 12.5 Å². The molecule has 0 radical (unpaired) electrons. The van der Waals surface area contributed by atoms with Crippen molar-refractivity contribution in [2.75, 3.05) is 13.1 Å². The number of hydrogen-bond acceptors (Lipinski definition) is 5. The van der Waals surface area contributed by atoms with Crippen molar-refractivity contribution < 1.29 is 4.79 Å². The number of aromatic nitrogens is 4. The SMILES string of the molecule is CCC1CCN(C(=O)Cn2cnnn2)C(CN)C1. The fraction of sp³-hybridized carbons (Fsp3) is 0.818. The summed E-state index contributed by atoms with van der Waals surface area (Å²) >= 11 is 0. The van der Waals surface area contributed by atoms with Gasteiger partial charge in [-0.15, -0.1) is 5.10 Å². The van der Waals surface area contributed by atoms with Gasteiger partial charge in [0.2, 0.25) is 5.91 Å². The Balaban J connectivity index is 1.96. The third kappa shape index (κ3) is 2.84. The zero-order valence-electron chi connectivity index (χ0n) is 10.7. The van der Waals surface area contributed by atoms with E-state index in [4.69, 9.17) is 5.73 Å². The van der Waals surface area contributed by atoms with E-state index in [-0.39, 0.29) is 18.5 Å². The van der Waals surface area contributed by atoms with E-state index in [9.17, 15) is 4.79 Å². The normalized spacial score (nSPS) is 24.2. The standard InChI is InChI=1S/C11H20N6O/c1-2-9-3-4-17(10(5-9)6-12)11(18)7-16-8-13-14-15-16/h8-10H,2-7,12H2,1H3. The fourth-order valence-corrected chi connectivity index (χ4v) is 2.54. The summed E-state index contributed by atoms with van der Waals surface area (Å²) in [4.78, 5) is 14.1. The minimum Gasteiger partial charge on any atom is -0.337 e. The Bertz CT molecular complexity index is 379. The Kier molecular flexibility index (Phi) is 4.24. The Labute approximate surface area is 106 Å². The minimum absolute atomic E-state index is 0.0484. The van der Waals surface area contributed by atoms with Gasteiger partial charge in [-0.1, -0.05) is 13.3 Å². The fourth-order valence-electron chi connectivity index (χ4n) is 2.54. The van der Waals surface area contributed by atoms with Crippen LogP contribution < -0.4 is 5.73 Å². The Morgan fingerprint density at radius 1 is 1.56 bits per heavy atom. The molecule has 2 N–H and O–H groups in total. The number of carbonyl (C=O) groups is 1. The molecule has 18 heavy (non-hydrogen) atoms. The summed E-state index contributed by atoms with van der Waals surface area (Å²) in [6.45, 7) is 3.70. The third-order valence-electron chi connectivity index (χ3n) is 3.68. The van der Waals surface area contributed by atoms with Crippen LogP contribution in [0.1, 0.15) is 26.2 Å². The molecule has 0 aromatic carbocycles. The summed E-state index contributed by atoms with van der Waals surface area (Å²) in [5.41, 5.74) is 5.78. The lowest BCUT2D eigenvalue weighted by molar-refractivity contribution is -0.136. The van der Waals surface area contributed by atoms with Gasteiger partial charge in [0.1, 0.15) is 12.9 Å². The molecule has 0 bridgehead atoms. The molecule has 1 amide bonds. The molecule has 1 fully saturated rings. The van der Waals surface area contributed by atoms with Gasteiger partial charge in [-0.3, -0.25) is 4.79 Å². The molecule has 2 atom stereocenters. The van der Waals surface area contributed by atoms with Gasteiger partial charge in [0.05, 0.1) is 0 Å². The molecule has 7 nitrogen and oxygen atoms in total. The number of amides is 1. The average molecular weight is 252 g/mol. The van der Waals surface area contributed by atoms with Crippen LogP contribution in [0.4, 0.5) is 0 Å². The van der Waals surface area contributed by atoms with Gasteiger partial charge in [-0.05, 0) is 29.2 Å². The van der Waals surface area contributed by atoms with Gasteiger partial charge < -0.3 is 10.6 Å². The van der Waals surface area contributed by atoms with Crippen molar-refractivity contribution in [3.8, 4) is 0 Å². The van der Waals surface area contributed by atoms with Crippen LogP contribution in [-0.4, -0.2) is 50.1 Å². The predicted molar refractivity (Wildman–Crippen MR) is 65.4 cm³/mol. The summed E-state index contributed by atoms with van der Waals surface area (Å²) in [7, 11) is 0. The van der Waals surface area contributed by atoms with Gasteiger partial charge in [-0.25, -0.2) is 4.68 Å². The molecule has 0 saturated carbocycles. The van der Waals surface area contributed by atoms with Crippen LogP contribution in [0.15, 0.2) is 6.33 Å². The molecule has 2 unspecified atom stereocenters. The van der Waals surface area contributed by atoms with Gasteiger partial charge >= 0.3 is 0 Å². The Hall–Kier alpha value is -1.50. The highest BCUT2D eigenvalue weighted by atomic mass is 16.2. The topological polar surface area (TPSA) is 89.9 Å². The van der Waals surface area contributed by atoms with Crippen LogP contribution in [0.2, 0.25) is 0 Å². The Morgan fingerprint density at radius 2 is 2.39 bits per heavy atom. The summed E-state index contributed by atoms with van der Waals surface area (Å²) in [6.07, 6.45) is 4.68. The highest BCUT2D eigenvalue weighted by Gasteiger charge is 2.29. The quantitative estimate of drug-likeness (QED) is 0.791. The molecule has 1 aromatic rings.